The van der Waals surface area contributed by atoms with Gasteiger partial charge in [0.05, 0.1) is 0 Å². The highest BCUT2D eigenvalue weighted by molar-refractivity contribution is 5.93. The van der Waals surface area contributed by atoms with Crippen molar-refractivity contribution in [2.45, 2.75) is 57.4 Å². The zero-order chi connectivity index (χ0) is 14.4. The van der Waals surface area contributed by atoms with Crippen LogP contribution < -0.4 is 5.32 Å². The molecule has 3 fully saturated rings. The molecular formula is C16H23N3O2. The second kappa shape index (κ2) is 5.13. The number of rotatable bonds is 4. The molecule has 4 rings (SSSR count). The molecule has 2 heterocycles. The number of hydrogen-bond donors (Lipinski definition) is 1. The SMILES string of the molecule is Cc1noc(C2CC2)c1NC(=O)C1CCN(C2CC2)CC1. The van der Waals surface area contributed by atoms with Crippen molar-refractivity contribution in [2.24, 2.45) is 5.92 Å². The fourth-order valence-electron chi connectivity index (χ4n) is 3.36. The fraction of sp³-hybridized carbons (Fsp3) is 0.750. The van der Waals surface area contributed by atoms with Crippen LogP contribution in [0, 0.1) is 12.8 Å². The van der Waals surface area contributed by atoms with E-state index in [-0.39, 0.29) is 11.8 Å². The number of carbonyl (C=O) groups is 1. The summed E-state index contributed by atoms with van der Waals surface area (Å²) in [5, 5.41) is 7.12. The Balaban J connectivity index is 1.38. The Morgan fingerprint density at radius 2 is 1.90 bits per heavy atom. The summed E-state index contributed by atoms with van der Waals surface area (Å²) in [5.41, 5.74) is 1.65. The molecule has 21 heavy (non-hydrogen) atoms. The third-order valence-electron chi connectivity index (χ3n) is 5.05. The van der Waals surface area contributed by atoms with Gasteiger partial charge in [-0.2, -0.15) is 0 Å². The lowest BCUT2D eigenvalue weighted by atomic mass is 9.95. The molecule has 1 N–H and O–H groups in total. The van der Waals surface area contributed by atoms with Crippen molar-refractivity contribution in [1.82, 2.24) is 10.1 Å². The molecule has 0 radical (unpaired) electrons. The Morgan fingerprint density at radius 1 is 1.19 bits per heavy atom. The maximum absolute atomic E-state index is 12.5. The molecule has 1 amide bonds. The monoisotopic (exact) mass is 289 g/mol. The van der Waals surface area contributed by atoms with Gasteiger partial charge < -0.3 is 14.7 Å². The van der Waals surface area contributed by atoms with Crippen molar-refractivity contribution in [1.29, 1.82) is 0 Å². The molecule has 3 aliphatic rings. The van der Waals surface area contributed by atoms with Crippen molar-refractivity contribution in [3.05, 3.63) is 11.5 Å². The number of nitrogens with zero attached hydrogens (tertiary/aromatic N) is 2. The standard InChI is InChI=1S/C16H23N3O2/c1-10-14(15(21-18-10)11-2-3-11)17-16(20)12-6-8-19(9-7-12)13-4-5-13/h11-13H,2-9H2,1H3,(H,17,20). The van der Waals surface area contributed by atoms with Crippen LogP contribution in [0.15, 0.2) is 4.52 Å². The molecule has 5 nitrogen and oxygen atoms in total. The van der Waals surface area contributed by atoms with E-state index in [0.717, 1.165) is 62.0 Å². The van der Waals surface area contributed by atoms with Gasteiger partial charge in [0.1, 0.15) is 11.4 Å². The van der Waals surface area contributed by atoms with E-state index in [1.165, 1.54) is 12.8 Å². The molecule has 5 heteroatoms. The molecule has 1 saturated heterocycles. The predicted octanol–water partition coefficient (Wildman–Crippen LogP) is 2.67. The lowest BCUT2D eigenvalue weighted by molar-refractivity contribution is -0.121. The van der Waals surface area contributed by atoms with Gasteiger partial charge >= 0.3 is 0 Å². The van der Waals surface area contributed by atoms with E-state index in [2.05, 4.69) is 15.4 Å². The molecule has 2 saturated carbocycles. The Hall–Kier alpha value is -1.36. The van der Waals surface area contributed by atoms with Crippen molar-refractivity contribution >= 4 is 11.6 Å². The minimum absolute atomic E-state index is 0.140. The maximum atomic E-state index is 12.5. The van der Waals surface area contributed by atoms with Crippen molar-refractivity contribution < 1.29 is 9.32 Å². The number of aromatic nitrogens is 1. The highest BCUT2D eigenvalue weighted by atomic mass is 16.5. The Kier molecular flexibility index (Phi) is 3.25. The molecule has 0 aromatic carbocycles. The zero-order valence-corrected chi connectivity index (χ0v) is 12.6. The summed E-state index contributed by atoms with van der Waals surface area (Å²) in [5.74, 6) is 1.65. The Labute approximate surface area is 125 Å². The number of piperidine rings is 1. The van der Waals surface area contributed by atoms with Gasteiger partial charge in [-0.05, 0) is 58.5 Å². The van der Waals surface area contributed by atoms with Crippen LogP contribution in [-0.2, 0) is 4.79 Å². The van der Waals surface area contributed by atoms with Crippen LogP contribution in [0.3, 0.4) is 0 Å². The number of likely N-dealkylation sites (tertiary alicyclic amines) is 1. The van der Waals surface area contributed by atoms with E-state index in [4.69, 9.17) is 4.52 Å². The number of nitrogens with one attached hydrogen (secondary N) is 1. The van der Waals surface area contributed by atoms with E-state index in [0.29, 0.717) is 5.92 Å². The Bertz CT molecular complexity index is 538. The summed E-state index contributed by atoms with van der Waals surface area (Å²) in [6.45, 7) is 4.04. The normalized spacial score (nSPS) is 24.2. The van der Waals surface area contributed by atoms with E-state index < -0.39 is 0 Å². The average molecular weight is 289 g/mol. The smallest absolute Gasteiger partial charge is 0.227 e. The maximum Gasteiger partial charge on any atom is 0.227 e. The van der Waals surface area contributed by atoms with Crippen LogP contribution >= 0.6 is 0 Å². The molecule has 0 spiro atoms. The lowest BCUT2D eigenvalue weighted by Crippen LogP contribution is -2.39. The summed E-state index contributed by atoms with van der Waals surface area (Å²) in [6.07, 6.45) is 6.95. The van der Waals surface area contributed by atoms with Crippen LogP contribution in [0.25, 0.3) is 0 Å². The number of amides is 1. The van der Waals surface area contributed by atoms with E-state index >= 15 is 0 Å². The van der Waals surface area contributed by atoms with Crippen molar-refractivity contribution in [3.8, 4) is 0 Å². The summed E-state index contributed by atoms with van der Waals surface area (Å²) in [4.78, 5) is 15.1. The first kappa shape index (κ1) is 13.3. The Morgan fingerprint density at radius 3 is 2.52 bits per heavy atom. The number of aryl methyl sites for hydroxylation is 1. The first-order chi connectivity index (χ1) is 10.2. The highest BCUT2D eigenvalue weighted by Crippen LogP contribution is 2.44. The van der Waals surface area contributed by atoms with Crippen LogP contribution in [0.5, 0.6) is 0 Å². The topological polar surface area (TPSA) is 58.4 Å². The molecule has 114 valence electrons. The van der Waals surface area contributed by atoms with Crippen LogP contribution in [-0.4, -0.2) is 35.1 Å². The zero-order valence-electron chi connectivity index (χ0n) is 12.6. The number of hydrogen-bond acceptors (Lipinski definition) is 4. The van der Waals surface area contributed by atoms with E-state index in [1.807, 2.05) is 6.92 Å². The third kappa shape index (κ3) is 2.71. The predicted molar refractivity (Wildman–Crippen MR) is 79.2 cm³/mol. The number of anilines is 1. The third-order valence-corrected chi connectivity index (χ3v) is 5.05. The summed E-state index contributed by atoms with van der Waals surface area (Å²) >= 11 is 0. The lowest BCUT2D eigenvalue weighted by Gasteiger charge is -2.31. The molecule has 2 aliphatic carbocycles. The van der Waals surface area contributed by atoms with Gasteiger partial charge in [0.25, 0.3) is 0 Å². The van der Waals surface area contributed by atoms with Crippen LogP contribution in [0.4, 0.5) is 5.69 Å². The van der Waals surface area contributed by atoms with Crippen molar-refractivity contribution in [2.75, 3.05) is 18.4 Å². The minimum atomic E-state index is 0.140. The molecule has 0 bridgehead atoms. The summed E-state index contributed by atoms with van der Waals surface area (Å²) in [7, 11) is 0. The second-order valence-electron chi connectivity index (χ2n) is 6.81. The largest absolute Gasteiger partial charge is 0.359 e. The molecular weight excluding hydrogens is 266 g/mol. The summed E-state index contributed by atoms with van der Waals surface area (Å²) < 4.78 is 5.39. The highest BCUT2D eigenvalue weighted by Gasteiger charge is 2.35. The van der Waals surface area contributed by atoms with Gasteiger partial charge in [-0.15, -0.1) is 0 Å². The average Bonchev–Trinajstić information content (AvgIpc) is 3.39. The number of carbonyl (C=O) groups excluding carboxylic acids is 1. The summed E-state index contributed by atoms with van der Waals surface area (Å²) in [6, 6.07) is 0.816. The van der Waals surface area contributed by atoms with Crippen LogP contribution in [0.1, 0.15) is 55.9 Å². The van der Waals surface area contributed by atoms with Gasteiger partial charge in [-0.25, -0.2) is 0 Å². The van der Waals surface area contributed by atoms with E-state index in [1.54, 1.807) is 0 Å². The molecule has 0 unspecified atom stereocenters. The second-order valence-corrected chi connectivity index (χ2v) is 6.81. The first-order valence-electron chi connectivity index (χ1n) is 8.23. The molecule has 1 aromatic rings. The van der Waals surface area contributed by atoms with Crippen molar-refractivity contribution in [3.63, 3.8) is 0 Å². The fourth-order valence-corrected chi connectivity index (χ4v) is 3.36. The van der Waals surface area contributed by atoms with Crippen LogP contribution in [0.2, 0.25) is 0 Å². The molecule has 1 aliphatic heterocycles. The first-order valence-corrected chi connectivity index (χ1v) is 8.23. The van der Waals surface area contributed by atoms with E-state index in [9.17, 15) is 4.79 Å². The quantitative estimate of drug-likeness (QED) is 0.926. The van der Waals surface area contributed by atoms with Gasteiger partial charge in [0.15, 0.2) is 5.76 Å². The van der Waals surface area contributed by atoms with Gasteiger partial charge in [0.2, 0.25) is 5.91 Å². The molecule has 1 aromatic heterocycles. The van der Waals surface area contributed by atoms with Gasteiger partial charge in [0, 0.05) is 17.9 Å². The van der Waals surface area contributed by atoms with Gasteiger partial charge in [-0.1, -0.05) is 5.16 Å². The molecule has 0 atom stereocenters. The van der Waals surface area contributed by atoms with Gasteiger partial charge in [-0.3, -0.25) is 4.79 Å². The minimum Gasteiger partial charge on any atom is -0.359 e.